The number of carbonyl (C=O) groups excluding carboxylic acids is 2. The summed E-state index contributed by atoms with van der Waals surface area (Å²) < 4.78 is 18.3. The van der Waals surface area contributed by atoms with Gasteiger partial charge in [-0.15, -0.1) is 0 Å². The van der Waals surface area contributed by atoms with Crippen LogP contribution in [0.1, 0.15) is 21.6 Å². The smallest absolute Gasteiger partial charge is 0.254 e. The van der Waals surface area contributed by atoms with Gasteiger partial charge in [-0.05, 0) is 48.9 Å². The van der Waals surface area contributed by atoms with Gasteiger partial charge in [-0.25, -0.2) is 9.97 Å². The number of fused-ring (bicyclic) bond motifs is 1. The number of aromatic nitrogens is 4. The van der Waals surface area contributed by atoms with Crippen molar-refractivity contribution in [1.29, 1.82) is 0 Å². The number of hydrogen-bond donors (Lipinski definition) is 1. The summed E-state index contributed by atoms with van der Waals surface area (Å²) in [6.07, 6.45) is 5.08. The number of rotatable bonds is 7. The lowest BCUT2D eigenvalue weighted by molar-refractivity contribution is -0.126. The average Bonchev–Trinajstić information content (AvgIpc) is 3.58. The number of benzene rings is 2. The van der Waals surface area contributed by atoms with Crippen LogP contribution in [0, 0.1) is 6.92 Å². The zero-order valence-electron chi connectivity index (χ0n) is 23.4. The molecule has 1 unspecified atom stereocenters. The van der Waals surface area contributed by atoms with Gasteiger partial charge in [0.1, 0.15) is 37.2 Å². The largest absolute Gasteiger partial charge is 0.497 e. The Labute approximate surface area is 242 Å². The van der Waals surface area contributed by atoms with Crippen molar-refractivity contribution in [1.82, 2.24) is 29.7 Å². The number of nitrogens with one attached hydrogen (secondary N) is 1. The molecule has 0 spiro atoms. The van der Waals surface area contributed by atoms with Crippen LogP contribution in [0.3, 0.4) is 0 Å². The molecule has 12 heteroatoms. The molecule has 2 aromatic heterocycles. The molecule has 0 bridgehead atoms. The van der Waals surface area contributed by atoms with Gasteiger partial charge in [0.25, 0.3) is 5.91 Å². The topological polar surface area (TPSA) is 124 Å². The van der Waals surface area contributed by atoms with E-state index in [0.717, 1.165) is 11.3 Å². The first-order chi connectivity index (χ1) is 20.5. The summed E-state index contributed by atoms with van der Waals surface area (Å²) in [5, 5.41) is 3.03. The van der Waals surface area contributed by atoms with Crippen LogP contribution in [0.15, 0.2) is 67.3 Å². The van der Waals surface area contributed by atoms with Crippen LogP contribution in [0.5, 0.6) is 17.2 Å². The van der Waals surface area contributed by atoms with E-state index in [4.69, 9.17) is 19.2 Å². The molecule has 1 N–H and O–H groups in total. The zero-order valence-corrected chi connectivity index (χ0v) is 23.4. The molecule has 2 aromatic carbocycles. The van der Waals surface area contributed by atoms with Crippen molar-refractivity contribution in [2.45, 2.75) is 19.5 Å². The molecular weight excluding hydrogens is 538 g/mol. The van der Waals surface area contributed by atoms with E-state index >= 15 is 0 Å². The molecule has 0 aliphatic carbocycles. The maximum Gasteiger partial charge on any atom is 0.254 e. The lowest BCUT2D eigenvalue weighted by atomic mass is 10.1. The Morgan fingerprint density at radius 1 is 1.02 bits per heavy atom. The molecule has 42 heavy (non-hydrogen) atoms. The minimum Gasteiger partial charge on any atom is -0.497 e. The third kappa shape index (κ3) is 5.69. The molecule has 0 saturated carbocycles. The highest BCUT2D eigenvalue weighted by Crippen LogP contribution is 2.31. The van der Waals surface area contributed by atoms with Crippen LogP contribution in [0.4, 0.5) is 5.82 Å². The second kappa shape index (κ2) is 11.8. The summed E-state index contributed by atoms with van der Waals surface area (Å²) >= 11 is 0. The van der Waals surface area contributed by atoms with Gasteiger partial charge in [0.2, 0.25) is 11.9 Å². The first-order valence-corrected chi connectivity index (χ1v) is 13.7. The van der Waals surface area contributed by atoms with Gasteiger partial charge >= 0.3 is 0 Å². The van der Waals surface area contributed by atoms with E-state index in [1.165, 1.54) is 0 Å². The minimum atomic E-state index is -0.766. The van der Waals surface area contributed by atoms with Crippen molar-refractivity contribution >= 4 is 17.6 Å². The fourth-order valence-electron chi connectivity index (χ4n) is 5.05. The molecule has 6 rings (SSSR count). The molecular formula is C30H31N7O5. The number of anilines is 1. The molecule has 2 aliphatic rings. The number of ether oxygens (including phenoxy) is 3. The average molecular weight is 570 g/mol. The molecule has 4 heterocycles. The van der Waals surface area contributed by atoms with Gasteiger partial charge < -0.3 is 29.3 Å². The molecule has 2 aliphatic heterocycles. The lowest BCUT2D eigenvalue weighted by Crippen LogP contribution is -2.60. The Balaban J connectivity index is 1.24. The second-order valence-electron chi connectivity index (χ2n) is 10.0. The van der Waals surface area contributed by atoms with Gasteiger partial charge in [0, 0.05) is 55.9 Å². The fraction of sp³-hybridized carbons (Fsp3) is 0.300. The summed E-state index contributed by atoms with van der Waals surface area (Å²) in [5.41, 5.74) is 2.12. The van der Waals surface area contributed by atoms with Gasteiger partial charge in [-0.3, -0.25) is 14.2 Å². The van der Waals surface area contributed by atoms with Crippen molar-refractivity contribution in [3.63, 3.8) is 0 Å². The third-order valence-corrected chi connectivity index (χ3v) is 7.24. The SMILES string of the molecule is COc1ccc(C(=O)N2CCN(c3cc(C)nc(-n4ccnc4)n3)CC2C(=O)NCc2ccc3c(c2)OCCO3)cc1. The number of carbonyl (C=O) groups is 2. The quantitative estimate of drug-likeness (QED) is 0.357. The van der Waals surface area contributed by atoms with E-state index in [1.54, 1.807) is 59.6 Å². The standard InChI is InChI=1S/C30H31N7O5/c1-20-15-27(34-30(33-20)36-10-9-31-19-36)35-11-12-37(29(39)22-4-6-23(40-2)7-5-22)24(18-35)28(38)32-17-21-3-8-25-26(16-21)42-14-13-41-25/h3-10,15-16,19,24H,11-14,17-18H2,1-2H3,(H,32,38). The summed E-state index contributed by atoms with van der Waals surface area (Å²) in [7, 11) is 1.57. The number of imidazole rings is 1. The molecule has 1 saturated heterocycles. The highest BCUT2D eigenvalue weighted by Gasteiger charge is 2.36. The Morgan fingerprint density at radius 2 is 1.83 bits per heavy atom. The Kier molecular flexibility index (Phi) is 7.58. The number of nitrogens with zero attached hydrogens (tertiary/aromatic N) is 6. The van der Waals surface area contributed by atoms with E-state index in [0.29, 0.717) is 60.9 Å². The molecule has 216 valence electrons. The molecule has 2 amide bonds. The number of hydrogen-bond acceptors (Lipinski definition) is 9. The summed E-state index contributed by atoms with van der Waals surface area (Å²) in [4.78, 5) is 44.4. The van der Waals surface area contributed by atoms with E-state index in [1.807, 2.05) is 36.1 Å². The molecule has 1 atom stereocenters. The van der Waals surface area contributed by atoms with Crippen LogP contribution < -0.4 is 24.4 Å². The van der Waals surface area contributed by atoms with Crippen LogP contribution in [-0.2, 0) is 11.3 Å². The zero-order chi connectivity index (χ0) is 29.1. The summed E-state index contributed by atoms with van der Waals surface area (Å²) in [6, 6.07) is 13.6. The van der Waals surface area contributed by atoms with Crippen LogP contribution in [0.2, 0.25) is 0 Å². The predicted molar refractivity (Wildman–Crippen MR) is 153 cm³/mol. The minimum absolute atomic E-state index is 0.227. The third-order valence-electron chi connectivity index (χ3n) is 7.24. The van der Waals surface area contributed by atoms with Crippen molar-refractivity contribution in [2.75, 3.05) is 44.9 Å². The van der Waals surface area contributed by atoms with Crippen LogP contribution >= 0.6 is 0 Å². The Bertz CT molecular complexity index is 1580. The van der Waals surface area contributed by atoms with E-state index in [-0.39, 0.29) is 24.9 Å². The van der Waals surface area contributed by atoms with Gasteiger partial charge in [-0.2, -0.15) is 4.98 Å². The van der Waals surface area contributed by atoms with Crippen molar-refractivity contribution in [3.05, 3.63) is 84.1 Å². The van der Waals surface area contributed by atoms with Crippen molar-refractivity contribution in [3.8, 4) is 23.2 Å². The van der Waals surface area contributed by atoms with E-state index in [2.05, 4.69) is 15.3 Å². The lowest BCUT2D eigenvalue weighted by Gasteiger charge is -2.41. The highest BCUT2D eigenvalue weighted by molar-refractivity contribution is 5.98. The number of piperazine rings is 1. The van der Waals surface area contributed by atoms with Gasteiger partial charge in [0.15, 0.2) is 11.5 Å². The number of methoxy groups -OCH3 is 1. The highest BCUT2D eigenvalue weighted by atomic mass is 16.6. The monoisotopic (exact) mass is 569 g/mol. The molecule has 12 nitrogen and oxygen atoms in total. The van der Waals surface area contributed by atoms with Crippen LogP contribution in [0.25, 0.3) is 5.95 Å². The predicted octanol–water partition coefficient (Wildman–Crippen LogP) is 2.40. The molecule has 4 aromatic rings. The number of aryl methyl sites for hydroxylation is 1. The summed E-state index contributed by atoms with van der Waals surface area (Å²) in [5.74, 6) is 2.66. The second-order valence-corrected chi connectivity index (χ2v) is 10.0. The molecule has 1 fully saturated rings. The summed E-state index contributed by atoms with van der Waals surface area (Å²) in [6.45, 7) is 4.24. The fourth-order valence-corrected chi connectivity index (χ4v) is 5.05. The van der Waals surface area contributed by atoms with Crippen molar-refractivity contribution in [2.24, 2.45) is 0 Å². The maximum absolute atomic E-state index is 13.8. The first-order valence-electron chi connectivity index (χ1n) is 13.7. The van der Waals surface area contributed by atoms with Crippen LogP contribution in [-0.4, -0.2) is 82.2 Å². The number of amides is 2. The van der Waals surface area contributed by atoms with Gasteiger partial charge in [0.05, 0.1) is 7.11 Å². The van der Waals surface area contributed by atoms with E-state index < -0.39 is 6.04 Å². The van der Waals surface area contributed by atoms with E-state index in [9.17, 15) is 9.59 Å². The van der Waals surface area contributed by atoms with Crippen molar-refractivity contribution < 1.29 is 23.8 Å². The van der Waals surface area contributed by atoms with Gasteiger partial charge in [-0.1, -0.05) is 6.07 Å². The Hall–Kier alpha value is -5.13. The molecule has 0 radical (unpaired) electrons. The first kappa shape index (κ1) is 27.1. The Morgan fingerprint density at radius 3 is 2.60 bits per heavy atom. The normalized spacial score (nSPS) is 16.2. The maximum atomic E-state index is 13.8.